The van der Waals surface area contributed by atoms with Gasteiger partial charge in [-0.15, -0.1) is 5.10 Å². The second-order valence-corrected chi connectivity index (χ2v) is 6.60. The molecule has 2 aromatic rings. The summed E-state index contributed by atoms with van der Waals surface area (Å²) in [5, 5.41) is 14.9. The summed E-state index contributed by atoms with van der Waals surface area (Å²) in [6, 6.07) is 7.34. The van der Waals surface area contributed by atoms with Crippen LogP contribution in [-0.4, -0.2) is 27.6 Å². The van der Waals surface area contributed by atoms with Crippen LogP contribution in [0.15, 0.2) is 24.3 Å². The molecule has 1 heterocycles. The Hall–Kier alpha value is -1.23. The van der Waals surface area contributed by atoms with Gasteiger partial charge in [-0.3, -0.25) is 4.68 Å². The van der Waals surface area contributed by atoms with Crippen LogP contribution in [-0.2, 0) is 6.42 Å². The molecule has 0 bridgehead atoms. The molecule has 0 aliphatic heterocycles. The molecule has 0 saturated carbocycles. The first-order chi connectivity index (χ1) is 10.9. The summed E-state index contributed by atoms with van der Waals surface area (Å²) in [4.78, 5) is 0. The normalized spacial score (nSPS) is 12.7. The van der Waals surface area contributed by atoms with Crippen molar-refractivity contribution in [3.63, 3.8) is 0 Å². The third-order valence-corrected chi connectivity index (χ3v) is 4.08. The first kappa shape index (κ1) is 18.1. The fraction of sp³-hybridized carbons (Fsp3) is 0.471. The van der Waals surface area contributed by atoms with Crippen molar-refractivity contribution in [2.24, 2.45) is 0 Å². The Morgan fingerprint density at radius 1 is 1.22 bits per heavy atom. The largest absolute Gasteiger partial charge is 0.474 e. The van der Waals surface area contributed by atoms with Crippen molar-refractivity contribution in [3.8, 4) is 5.88 Å². The monoisotopic (exact) mass is 356 g/mol. The molecule has 1 aromatic carbocycles. The second kappa shape index (κ2) is 8.04. The number of halogens is 2. The molecule has 0 radical (unpaired) electrons. The number of aliphatic hydroxyl groups is 1. The minimum Gasteiger partial charge on any atom is -0.474 e. The molecule has 0 amide bonds. The average molecular weight is 357 g/mol. The summed E-state index contributed by atoms with van der Waals surface area (Å²) < 4.78 is 7.61. The van der Waals surface area contributed by atoms with E-state index in [0.717, 1.165) is 17.7 Å². The van der Waals surface area contributed by atoms with Crippen molar-refractivity contribution in [3.05, 3.63) is 45.6 Å². The molecule has 0 spiro atoms. The number of ether oxygens (including phenoxy) is 1. The van der Waals surface area contributed by atoms with Crippen molar-refractivity contribution in [1.82, 2.24) is 9.78 Å². The van der Waals surface area contributed by atoms with E-state index < -0.39 is 0 Å². The number of hydrogen-bond donors (Lipinski definition) is 1. The van der Waals surface area contributed by atoms with E-state index in [1.807, 2.05) is 43.7 Å². The van der Waals surface area contributed by atoms with Crippen LogP contribution in [0.1, 0.15) is 44.5 Å². The molecule has 23 heavy (non-hydrogen) atoms. The summed E-state index contributed by atoms with van der Waals surface area (Å²) >= 11 is 12.3. The van der Waals surface area contributed by atoms with Crippen LogP contribution in [0, 0.1) is 0 Å². The lowest BCUT2D eigenvalue weighted by Gasteiger charge is -2.17. The van der Waals surface area contributed by atoms with Gasteiger partial charge in [-0.2, -0.15) is 0 Å². The molecule has 0 aliphatic carbocycles. The van der Waals surface area contributed by atoms with Gasteiger partial charge in [-0.05, 0) is 51.3 Å². The van der Waals surface area contributed by atoms with Crippen molar-refractivity contribution in [2.75, 3.05) is 6.61 Å². The fourth-order valence-electron chi connectivity index (χ4n) is 2.46. The predicted octanol–water partition coefficient (Wildman–Crippen LogP) is 4.51. The molecule has 126 valence electrons. The van der Waals surface area contributed by atoms with Gasteiger partial charge in [0, 0.05) is 28.4 Å². The average Bonchev–Trinajstić information content (AvgIpc) is 2.86. The van der Waals surface area contributed by atoms with Crippen LogP contribution in [0.4, 0.5) is 0 Å². The van der Waals surface area contributed by atoms with Gasteiger partial charge >= 0.3 is 0 Å². The molecule has 0 saturated heterocycles. The highest BCUT2D eigenvalue weighted by Crippen LogP contribution is 2.30. The Labute approximate surface area is 147 Å². The van der Waals surface area contributed by atoms with E-state index >= 15 is 0 Å². The van der Waals surface area contributed by atoms with Gasteiger partial charge in [0.25, 0.3) is 0 Å². The summed E-state index contributed by atoms with van der Waals surface area (Å²) in [6.45, 7) is 6.10. The topological polar surface area (TPSA) is 47.3 Å². The van der Waals surface area contributed by atoms with Gasteiger partial charge in [0.1, 0.15) is 0 Å². The minimum atomic E-state index is -0.0574. The van der Waals surface area contributed by atoms with Gasteiger partial charge in [-0.1, -0.05) is 29.3 Å². The maximum atomic E-state index is 9.10. The summed E-state index contributed by atoms with van der Waals surface area (Å²) in [6.07, 6.45) is 1.45. The Morgan fingerprint density at radius 3 is 2.57 bits per heavy atom. The molecule has 0 aliphatic rings. The standard InChI is InChI=1S/C17H22Cl2N2O2/c1-11(2)23-17-10-14(5-4-8-22)21(20-17)12(3)15-7-6-13(18)9-16(15)19/h6-7,9-12,22H,4-5,8H2,1-3H3. The number of rotatable bonds is 7. The van der Waals surface area contributed by atoms with Crippen LogP contribution in [0.5, 0.6) is 5.88 Å². The molecule has 2 rings (SSSR count). The van der Waals surface area contributed by atoms with Crippen LogP contribution >= 0.6 is 23.2 Å². The zero-order chi connectivity index (χ0) is 17.0. The fourth-order valence-corrected chi connectivity index (χ4v) is 3.03. The number of benzene rings is 1. The van der Waals surface area contributed by atoms with E-state index in [1.165, 1.54) is 0 Å². The molecule has 1 N–H and O–H groups in total. The maximum absolute atomic E-state index is 9.10. The molecule has 4 nitrogen and oxygen atoms in total. The number of aromatic nitrogens is 2. The summed E-state index contributed by atoms with van der Waals surface area (Å²) in [5.41, 5.74) is 1.95. The number of nitrogens with zero attached hydrogens (tertiary/aromatic N) is 2. The maximum Gasteiger partial charge on any atom is 0.233 e. The second-order valence-electron chi connectivity index (χ2n) is 5.75. The Morgan fingerprint density at radius 2 is 1.96 bits per heavy atom. The van der Waals surface area contributed by atoms with E-state index in [0.29, 0.717) is 22.3 Å². The molecule has 1 atom stereocenters. The quantitative estimate of drug-likeness (QED) is 0.793. The molecule has 6 heteroatoms. The van der Waals surface area contributed by atoms with Gasteiger partial charge in [0.05, 0.1) is 12.1 Å². The highest BCUT2D eigenvalue weighted by molar-refractivity contribution is 6.35. The zero-order valence-corrected chi connectivity index (χ0v) is 15.1. The van der Waals surface area contributed by atoms with Crippen LogP contribution in [0.3, 0.4) is 0 Å². The van der Waals surface area contributed by atoms with E-state index in [-0.39, 0.29) is 18.8 Å². The molecular formula is C17H22Cl2N2O2. The first-order valence-corrected chi connectivity index (χ1v) is 8.49. The minimum absolute atomic E-state index is 0.0541. The van der Waals surface area contributed by atoms with Gasteiger partial charge in [0.15, 0.2) is 0 Å². The lowest BCUT2D eigenvalue weighted by Crippen LogP contribution is -2.13. The van der Waals surface area contributed by atoms with Crippen LogP contribution < -0.4 is 4.74 Å². The lowest BCUT2D eigenvalue weighted by molar-refractivity contribution is 0.229. The predicted molar refractivity (Wildman–Crippen MR) is 93.7 cm³/mol. The Balaban J connectivity index is 2.36. The van der Waals surface area contributed by atoms with Crippen LogP contribution in [0.2, 0.25) is 10.0 Å². The third-order valence-electron chi connectivity index (χ3n) is 3.52. The van der Waals surface area contributed by atoms with E-state index in [2.05, 4.69) is 5.10 Å². The SMILES string of the molecule is CC(C)Oc1cc(CCCO)n(C(C)c2ccc(Cl)cc2Cl)n1. The smallest absolute Gasteiger partial charge is 0.233 e. The summed E-state index contributed by atoms with van der Waals surface area (Å²) in [5.74, 6) is 0.588. The van der Waals surface area contributed by atoms with Crippen molar-refractivity contribution in [2.45, 2.75) is 45.8 Å². The Kier molecular flexibility index (Phi) is 6.33. The molecule has 0 fully saturated rings. The van der Waals surface area contributed by atoms with E-state index in [4.69, 9.17) is 33.0 Å². The van der Waals surface area contributed by atoms with Gasteiger partial charge in [-0.25, -0.2) is 0 Å². The highest BCUT2D eigenvalue weighted by atomic mass is 35.5. The van der Waals surface area contributed by atoms with Crippen LogP contribution in [0.25, 0.3) is 0 Å². The van der Waals surface area contributed by atoms with E-state index in [1.54, 1.807) is 6.07 Å². The number of aliphatic hydroxyl groups excluding tert-OH is 1. The zero-order valence-electron chi connectivity index (χ0n) is 13.6. The van der Waals surface area contributed by atoms with Crippen molar-refractivity contribution >= 4 is 23.2 Å². The Bertz CT molecular complexity index is 656. The number of aryl methyl sites for hydroxylation is 1. The van der Waals surface area contributed by atoms with Gasteiger partial charge in [0.2, 0.25) is 5.88 Å². The van der Waals surface area contributed by atoms with Crippen molar-refractivity contribution in [1.29, 1.82) is 0 Å². The van der Waals surface area contributed by atoms with Gasteiger partial charge < -0.3 is 9.84 Å². The summed E-state index contributed by atoms with van der Waals surface area (Å²) in [7, 11) is 0. The lowest BCUT2D eigenvalue weighted by atomic mass is 10.1. The number of hydrogen-bond acceptors (Lipinski definition) is 3. The first-order valence-electron chi connectivity index (χ1n) is 7.73. The molecular weight excluding hydrogens is 335 g/mol. The van der Waals surface area contributed by atoms with E-state index in [9.17, 15) is 0 Å². The third kappa shape index (κ3) is 4.63. The molecule has 1 unspecified atom stereocenters. The highest BCUT2D eigenvalue weighted by Gasteiger charge is 2.18. The molecule has 1 aromatic heterocycles. The van der Waals surface area contributed by atoms with Crippen molar-refractivity contribution < 1.29 is 9.84 Å².